The molecule has 5 rings (SSSR count). The zero-order valence-corrected chi connectivity index (χ0v) is 16.8. The molecule has 2 atom stereocenters. The van der Waals surface area contributed by atoms with Gasteiger partial charge >= 0.3 is 0 Å². The fraction of sp³-hybridized carbons (Fsp3) is 0.417. The van der Waals surface area contributed by atoms with E-state index in [2.05, 4.69) is 66.0 Å². The quantitative estimate of drug-likeness (QED) is 0.730. The first-order valence-corrected chi connectivity index (χ1v) is 10.2. The van der Waals surface area contributed by atoms with E-state index in [0.717, 1.165) is 36.0 Å². The normalized spacial score (nSPS) is 25.5. The van der Waals surface area contributed by atoms with Crippen LogP contribution in [0.4, 0.5) is 0 Å². The van der Waals surface area contributed by atoms with E-state index in [1.165, 1.54) is 11.1 Å². The summed E-state index contributed by atoms with van der Waals surface area (Å²) >= 11 is 0. The van der Waals surface area contributed by atoms with Crippen molar-refractivity contribution in [2.45, 2.75) is 51.5 Å². The number of hydrogen-bond donors (Lipinski definition) is 1. The van der Waals surface area contributed by atoms with Gasteiger partial charge in [-0.2, -0.15) is 0 Å². The molecule has 0 unspecified atom stereocenters. The largest absolute Gasteiger partial charge is 0.345 e. The molecular formula is C24H27N3O. The van der Waals surface area contributed by atoms with Gasteiger partial charge < -0.3 is 9.88 Å². The average molecular weight is 374 g/mol. The van der Waals surface area contributed by atoms with Crippen molar-refractivity contribution in [1.29, 1.82) is 0 Å². The van der Waals surface area contributed by atoms with Crippen LogP contribution in [0.3, 0.4) is 0 Å². The highest BCUT2D eigenvalue weighted by atomic mass is 16.2. The Labute approximate surface area is 166 Å². The van der Waals surface area contributed by atoms with Crippen molar-refractivity contribution in [1.82, 2.24) is 14.9 Å². The Balaban J connectivity index is 1.46. The zero-order chi connectivity index (χ0) is 19.5. The summed E-state index contributed by atoms with van der Waals surface area (Å²) in [4.78, 5) is 22.9. The number of aromatic nitrogens is 2. The number of likely N-dealkylation sites (tertiary alicyclic amines) is 1. The molecule has 2 heterocycles. The number of carbonyl (C=O) groups excluding carboxylic acids is 1. The molecule has 1 aliphatic heterocycles. The Bertz CT molecular complexity index is 1070. The van der Waals surface area contributed by atoms with Gasteiger partial charge in [-0.25, -0.2) is 4.98 Å². The minimum atomic E-state index is 0.0442. The number of aromatic amines is 1. The first-order valence-electron chi connectivity index (χ1n) is 10.2. The molecule has 4 heteroatoms. The molecule has 1 aromatic heterocycles. The minimum Gasteiger partial charge on any atom is -0.345 e. The summed E-state index contributed by atoms with van der Waals surface area (Å²) in [5.41, 5.74) is 6.02. The van der Waals surface area contributed by atoms with Gasteiger partial charge in [0.1, 0.15) is 0 Å². The van der Waals surface area contributed by atoms with Crippen molar-refractivity contribution in [3.63, 3.8) is 0 Å². The van der Waals surface area contributed by atoms with Crippen LogP contribution < -0.4 is 0 Å². The minimum absolute atomic E-state index is 0.0442. The second-order valence-corrected chi connectivity index (χ2v) is 9.20. The lowest BCUT2D eigenvalue weighted by atomic mass is 9.51. The van der Waals surface area contributed by atoms with Crippen molar-refractivity contribution < 1.29 is 4.79 Å². The molecule has 144 valence electrons. The Morgan fingerprint density at radius 1 is 1.21 bits per heavy atom. The first kappa shape index (κ1) is 17.5. The van der Waals surface area contributed by atoms with Crippen LogP contribution in [0.1, 0.15) is 43.9 Å². The zero-order valence-electron chi connectivity index (χ0n) is 16.8. The smallest absolute Gasteiger partial charge is 0.227 e. The maximum absolute atomic E-state index is 13.3. The predicted molar refractivity (Wildman–Crippen MR) is 111 cm³/mol. The van der Waals surface area contributed by atoms with E-state index in [1.807, 2.05) is 12.1 Å². The number of fused-ring (bicyclic) bond motifs is 5. The summed E-state index contributed by atoms with van der Waals surface area (Å²) in [6.07, 6.45) is 4.10. The second-order valence-electron chi connectivity index (χ2n) is 9.20. The molecular weight excluding hydrogens is 346 g/mol. The molecule has 2 aliphatic rings. The summed E-state index contributed by atoms with van der Waals surface area (Å²) in [6.45, 7) is 7.93. The van der Waals surface area contributed by atoms with Crippen molar-refractivity contribution >= 4 is 16.9 Å². The molecule has 0 radical (unpaired) electrons. The van der Waals surface area contributed by atoms with Crippen molar-refractivity contribution in [3.8, 4) is 0 Å². The number of nitrogens with one attached hydrogen (secondary N) is 1. The SMILES string of the molecule is CC1(C)[C@H]2Cc3ccccc3[C@]1(C)CCN2C(=O)Cc1ccc2nc[nH]c2c1. The molecule has 4 nitrogen and oxygen atoms in total. The van der Waals surface area contributed by atoms with Crippen LogP contribution in [0.5, 0.6) is 0 Å². The van der Waals surface area contributed by atoms with Crippen LogP contribution >= 0.6 is 0 Å². The van der Waals surface area contributed by atoms with Gasteiger partial charge in [-0.15, -0.1) is 0 Å². The summed E-state index contributed by atoms with van der Waals surface area (Å²) in [6, 6.07) is 15.1. The highest BCUT2D eigenvalue weighted by molar-refractivity contribution is 5.82. The number of carbonyl (C=O) groups is 1. The molecule has 0 saturated carbocycles. The van der Waals surface area contributed by atoms with E-state index in [9.17, 15) is 4.79 Å². The lowest BCUT2D eigenvalue weighted by Gasteiger charge is -2.60. The van der Waals surface area contributed by atoms with Crippen molar-refractivity contribution in [2.24, 2.45) is 5.41 Å². The van der Waals surface area contributed by atoms with Crippen LogP contribution in [0.25, 0.3) is 11.0 Å². The van der Waals surface area contributed by atoms with Crippen LogP contribution in [-0.2, 0) is 23.1 Å². The number of benzene rings is 2. The van der Waals surface area contributed by atoms with Crippen LogP contribution in [0, 0.1) is 5.41 Å². The van der Waals surface area contributed by atoms with E-state index in [-0.39, 0.29) is 22.8 Å². The van der Waals surface area contributed by atoms with Gasteiger partial charge in [-0.05, 0) is 47.1 Å². The van der Waals surface area contributed by atoms with E-state index in [0.29, 0.717) is 6.42 Å². The average Bonchev–Trinajstić information content (AvgIpc) is 3.12. The van der Waals surface area contributed by atoms with E-state index < -0.39 is 0 Å². The number of hydrogen-bond acceptors (Lipinski definition) is 2. The molecule has 2 aromatic carbocycles. The Morgan fingerprint density at radius 3 is 2.89 bits per heavy atom. The summed E-state index contributed by atoms with van der Waals surface area (Å²) in [7, 11) is 0. The van der Waals surface area contributed by atoms with E-state index in [1.54, 1.807) is 6.33 Å². The number of amides is 1. The fourth-order valence-corrected chi connectivity index (χ4v) is 5.54. The fourth-order valence-electron chi connectivity index (χ4n) is 5.54. The first-order chi connectivity index (χ1) is 13.4. The highest BCUT2D eigenvalue weighted by Crippen LogP contribution is 2.55. The Morgan fingerprint density at radius 2 is 2.04 bits per heavy atom. The molecule has 1 saturated heterocycles. The van der Waals surface area contributed by atoms with Gasteiger partial charge in [-0.3, -0.25) is 4.79 Å². The van der Waals surface area contributed by atoms with Gasteiger partial charge in [0.25, 0.3) is 0 Å². The Kier molecular flexibility index (Phi) is 3.71. The molecule has 3 aromatic rings. The van der Waals surface area contributed by atoms with Crippen LogP contribution in [-0.4, -0.2) is 33.4 Å². The molecule has 1 N–H and O–H groups in total. The standard InChI is InChI=1S/C24H27N3O/c1-23(2)21-14-17-6-4-5-7-18(17)24(23,3)10-11-27(21)22(28)13-16-8-9-19-20(12-16)26-15-25-19/h4-9,12,15,21H,10-11,13-14H2,1-3H3,(H,25,26)/t21-,24+/m1/s1. The molecule has 1 aliphatic carbocycles. The third-order valence-electron chi connectivity index (χ3n) is 7.67. The van der Waals surface area contributed by atoms with Gasteiger partial charge in [-0.1, -0.05) is 51.1 Å². The number of piperidine rings is 1. The van der Waals surface area contributed by atoms with Crippen LogP contribution in [0.2, 0.25) is 0 Å². The summed E-state index contributed by atoms with van der Waals surface area (Å²) < 4.78 is 0. The lowest BCUT2D eigenvalue weighted by molar-refractivity contribution is -0.143. The van der Waals surface area contributed by atoms with Gasteiger partial charge in [0.15, 0.2) is 0 Å². The van der Waals surface area contributed by atoms with Gasteiger partial charge in [0, 0.05) is 18.0 Å². The number of H-pyrrole nitrogens is 1. The number of rotatable bonds is 2. The number of imidazole rings is 1. The highest BCUT2D eigenvalue weighted by Gasteiger charge is 2.56. The third kappa shape index (κ3) is 2.36. The molecule has 1 fully saturated rings. The van der Waals surface area contributed by atoms with Crippen LogP contribution in [0.15, 0.2) is 48.8 Å². The molecule has 0 spiro atoms. The molecule has 1 amide bonds. The van der Waals surface area contributed by atoms with E-state index >= 15 is 0 Å². The van der Waals surface area contributed by atoms with Crippen molar-refractivity contribution in [3.05, 3.63) is 65.5 Å². The predicted octanol–water partition coefficient (Wildman–Crippen LogP) is 4.25. The lowest BCUT2D eigenvalue weighted by Crippen LogP contribution is -2.65. The second kappa shape index (κ2) is 5.94. The van der Waals surface area contributed by atoms with Crippen molar-refractivity contribution in [2.75, 3.05) is 6.54 Å². The monoisotopic (exact) mass is 373 g/mol. The Hall–Kier alpha value is -2.62. The topological polar surface area (TPSA) is 49.0 Å². The third-order valence-corrected chi connectivity index (χ3v) is 7.67. The van der Waals surface area contributed by atoms with Gasteiger partial charge in [0.05, 0.1) is 23.8 Å². The maximum atomic E-state index is 13.3. The van der Waals surface area contributed by atoms with Gasteiger partial charge in [0.2, 0.25) is 5.91 Å². The summed E-state index contributed by atoms with van der Waals surface area (Å²) in [5, 5.41) is 0. The molecule has 28 heavy (non-hydrogen) atoms. The maximum Gasteiger partial charge on any atom is 0.227 e. The number of nitrogens with zero attached hydrogens (tertiary/aromatic N) is 2. The molecule has 2 bridgehead atoms. The van der Waals surface area contributed by atoms with E-state index in [4.69, 9.17) is 0 Å². The summed E-state index contributed by atoms with van der Waals surface area (Å²) in [5.74, 6) is 0.235.